The third kappa shape index (κ3) is 2.25. The van der Waals surface area contributed by atoms with Crippen molar-refractivity contribution < 1.29 is 14.3 Å². The van der Waals surface area contributed by atoms with Crippen molar-refractivity contribution in [3.05, 3.63) is 23.3 Å². The number of ether oxygens (including phenoxy) is 2. The van der Waals surface area contributed by atoms with Crippen LogP contribution in [-0.4, -0.2) is 13.1 Å². The standard InChI is InChI=1S/C11H14O3/c1-7-5-8(2)11(14-9(3)12)6-10(7)13-4/h5-6H,1-4H3. The number of esters is 1. The minimum Gasteiger partial charge on any atom is -0.496 e. The Balaban J connectivity index is 3.10. The number of rotatable bonds is 2. The molecule has 3 nitrogen and oxygen atoms in total. The van der Waals surface area contributed by atoms with E-state index in [4.69, 9.17) is 9.47 Å². The molecule has 1 rings (SSSR count). The highest BCUT2D eigenvalue weighted by Gasteiger charge is 2.07. The van der Waals surface area contributed by atoms with E-state index in [9.17, 15) is 4.79 Å². The van der Waals surface area contributed by atoms with Crippen molar-refractivity contribution in [2.45, 2.75) is 20.8 Å². The normalized spacial score (nSPS) is 9.71. The number of benzene rings is 1. The molecule has 0 unspecified atom stereocenters. The number of hydrogen-bond donors (Lipinski definition) is 0. The molecule has 76 valence electrons. The van der Waals surface area contributed by atoms with Gasteiger partial charge in [-0.3, -0.25) is 4.79 Å². The van der Waals surface area contributed by atoms with E-state index in [1.54, 1.807) is 13.2 Å². The van der Waals surface area contributed by atoms with Crippen LogP contribution < -0.4 is 9.47 Å². The van der Waals surface area contributed by atoms with Gasteiger partial charge in [0.25, 0.3) is 0 Å². The monoisotopic (exact) mass is 194 g/mol. The molecule has 0 saturated carbocycles. The van der Waals surface area contributed by atoms with Crippen LogP contribution in [0.25, 0.3) is 0 Å². The molecule has 0 aromatic heterocycles. The Morgan fingerprint density at radius 2 is 1.71 bits per heavy atom. The lowest BCUT2D eigenvalue weighted by Crippen LogP contribution is -2.03. The number of aryl methyl sites for hydroxylation is 2. The summed E-state index contributed by atoms with van der Waals surface area (Å²) in [6.45, 7) is 5.22. The van der Waals surface area contributed by atoms with Crippen molar-refractivity contribution in [2.24, 2.45) is 0 Å². The largest absolute Gasteiger partial charge is 0.496 e. The summed E-state index contributed by atoms with van der Waals surface area (Å²) in [6, 6.07) is 3.66. The van der Waals surface area contributed by atoms with Crippen LogP contribution in [0.2, 0.25) is 0 Å². The second-order valence-corrected chi connectivity index (χ2v) is 3.18. The van der Waals surface area contributed by atoms with Gasteiger partial charge in [0.1, 0.15) is 11.5 Å². The van der Waals surface area contributed by atoms with Crippen molar-refractivity contribution in [1.82, 2.24) is 0 Å². The SMILES string of the molecule is COc1cc(OC(C)=O)c(C)cc1C. The van der Waals surface area contributed by atoms with Crippen LogP contribution in [-0.2, 0) is 4.79 Å². The number of carbonyl (C=O) groups is 1. The molecule has 0 aliphatic carbocycles. The second kappa shape index (κ2) is 4.13. The van der Waals surface area contributed by atoms with E-state index in [2.05, 4.69) is 0 Å². The highest BCUT2D eigenvalue weighted by Crippen LogP contribution is 2.27. The van der Waals surface area contributed by atoms with Gasteiger partial charge in [0.2, 0.25) is 0 Å². The fourth-order valence-corrected chi connectivity index (χ4v) is 1.30. The minimum absolute atomic E-state index is 0.320. The Morgan fingerprint density at radius 1 is 1.14 bits per heavy atom. The molecule has 0 heterocycles. The maximum absolute atomic E-state index is 10.8. The van der Waals surface area contributed by atoms with Crippen LogP contribution in [0.1, 0.15) is 18.1 Å². The van der Waals surface area contributed by atoms with Crippen molar-refractivity contribution in [1.29, 1.82) is 0 Å². The maximum atomic E-state index is 10.8. The van der Waals surface area contributed by atoms with Crippen molar-refractivity contribution in [3.8, 4) is 11.5 Å². The highest BCUT2D eigenvalue weighted by atomic mass is 16.5. The zero-order valence-electron chi connectivity index (χ0n) is 8.88. The topological polar surface area (TPSA) is 35.5 Å². The van der Waals surface area contributed by atoms with Crippen LogP contribution >= 0.6 is 0 Å². The molecule has 0 N–H and O–H groups in total. The van der Waals surface area contributed by atoms with Gasteiger partial charge in [0, 0.05) is 13.0 Å². The summed E-state index contributed by atoms with van der Waals surface area (Å²) >= 11 is 0. The van der Waals surface area contributed by atoms with Gasteiger partial charge in [0.05, 0.1) is 7.11 Å². The molecule has 0 aliphatic rings. The Hall–Kier alpha value is -1.51. The van der Waals surface area contributed by atoms with Gasteiger partial charge >= 0.3 is 5.97 Å². The zero-order chi connectivity index (χ0) is 10.7. The smallest absolute Gasteiger partial charge is 0.308 e. The van der Waals surface area contributed by atoms with Crippen molar-refractivity contribution in [2.75, 3.05) is 7.11 Å². The molecular weight excluding hydrogens is 180 g/mol. The zero-order valence-corrected chi connectivity index (χ0v) is 8.88. The predicted octanol–water partition coefficient (Wildman–Crippen LogP) is 2.24. The first-order chi connectivity index (χ1) is 6.54. The summed E-state index contributed by atoms with van der Waals surface area (Å²) in [5, 5.41) is 0. The van der Waals surface area contributed by atoms with Crippen LogP contribution in [0.4, 0.5) is 0 Å². The summed E-state index contributed by atoms with van der Waals surface area (Å²) in [7, 11) is 1.59. The van der Waals surface area contributed by atoms with E-state index >= 15 is 0 Å². The van der Waals surface area contributed by atoms with Gasteiger partial charge < -0.3 is 9.47 Å². The third-order valence-corrected chi connectivity index (χ3v) is 1.95. The molecule has 1 aromatic rings. The molecule has 0 saturated heterocycles. The average molecular weight is 194 g/mol. The average Bonchev–Trinajstić information content (AvgIpc) is 2.09. The van der Waals surface area contributed by atoms with Gasteiger partial charge in [-0.2, -0.15) is 0 Å². The lowest BCUT2D eigenvalue weighted by molar-refractivity contribution is -0.131. The molecular formula is C11H14O3. The first kappa shape index (κ1) is 10.6. The van der Waals surface area contributed by atoms with Gasteiger partial charge in [-0.1, -0.05) is 0 Å². The maximum Gasteiger partial charge on any atom is 0.308 e. The molecule has 0 atom stereocenters. The fraction of sp³-hybridized carbons (Fsp3) is 0.364. The molecule has 0 fully saturated rings. The fourth-order valence-electron chi connectivity index (χ4n) is 1.30. The quantitative estimate of drug-likeness (QED) is 0.535. The first-order valence-electron chi connectivity index (χ1n) is 4.38. The van der Waals surface area contributed by atoms with Gasteiger partial charge in [0.15, 0.2) is 0 Å². The van der Waals surface area contributed by atoms with Crippen LogP contribution in [0, 0.1) is 13.8 Å². The molecule has 3 heteroatoms. The molecule has 14 heavy (non-hydrogen) atoms. The third-order valence-electron chi connectivity index (χ3n) is 1.95. The summed E-state index contributed by atoms with van der Waals surface area (Å²) in [5.74, 6) is 0.964. The molecule has 0 spiro atoms. The Kier molecular flexibility index (Phi) is 3.12. The lowest BCUT2D eigenvalue weighted by atomic mass is 10.1. The molecule has 0 bridgehead atoms. The summed E-state index contributed by atoms with van der Waals surface area (Å²) in [6.07, 6.45) is 0. The van der Waals surface area contributed by atoms with E-state index in [0.717, 1.165) is 16.9 Å². The summed E-state index contributed by atoms with van der Waals surface area (Å²) in [4.78, 5) is 10.8. The van der Waals surface area contributed by atoms with Crippen LogP contribution in [0.15, 0.2) is 12.1 Å². The van der Waals surface area contributed by atoms with Crippen LogP contribution in [0.3, 0.4) is 0 Å². The van der Waals surface area contributed by atoms with Crippen molar-refractivity contribution >= 4 is 5.97 Å². The predicted molar refractivity (Wildman–Crippen MR) is 53.8 cm³/mol. The Labute approximate surface area is 83.6 Å². The second-order valence-electron chi connectivity index (χ2n) is 3.18. The van der Waals surface area contributed by atoms with E-state index in [1.165, 1.54) is 6.92 Å². The van der Waals surface area contributed by atoms with E-state index in [0.29, 0.717) is 5.75 Å². The molecule has 1 aromatic carbocycles. The Morgan fingerprint density at radius 3 is 2.21 bits per heavy atom. The van der Waals surface area contributed by atoms with Crippen molar-refractivity contribution in [3.63, 3.8) is 0 Å². The van der Waals surface area contributed by atoms with E-state index in [1.807, 2.05) is 19.9 Å². The number of methoxy groups -OCH3 is 1. The highest BCUT2D eigenvalue weighted by molar-refractivity contribution is 5.70. The Bertz CT molecular complexity index is 356. The molecule has 0 radical (unpaired) electrons. The first-order valence-corrected chi connectivity index (χ1v) is 4.38. The molecule has 0 aliphatic heterocycles. The minimum atomic E-state index is -0.320. The van der Waals surface area contributed by atoms with Gasteiger partial charge in [-0.05, 0) is 31.0 Å². The lowest BCUT2D eigenvalue weighted by Gasteiger charge is -2.10. The number of carbonyl (C=O) groups excluding carboxylic acids is 1. The molecule has 0 amide bonds. The van der Waals surface area contributed by atoms with E-state index < -0.39 is 0 Å². The van der Waals surface area contributed by atoms with E-state index in [-0.39, 0.29) is 5.97 Å². The van der Waals surface area contributed by atoms with Crippen LogP contribution in [0.5, 0.6) is 11.5 Å². The van der Waals surface area contributed by atoms with Gasteiger partial charge in [-0.25, -0.2) is 0 Å². The number of hydrogen-bond acceptors (Lipinski definition) is 3. The summed E-state index contributed by atoms with van der Waals surface area (Å²) < 4.78 is 10.2. The van der Waals surface area contributed by atoms with Gasteiger partial charge in [-0.15, -0.1) is 0 Å². The summed E-state index contributed by atoms with van der Waals surface area (Å²) in [5.41, 5.74) is 1.96.